The molecule has 3 rings (SSSR count). The number of carboxylic acid groups (broad SMARTS) is 1. The number of carbonyl (C=O) groups is 1. The van der Waals surface area contributed by atoms with E-state index in [0.717, 1.165) is 35.5 Å². The second kappa shape index (κ2) is 12.7. The van der Waals surface area contributed by atoms with Gasteiger partial charge in [0, 0.05) is 0 Å². The molecule has 0 saturated carbocycles. The molecule has 0 saturated heterocycles. The fourth-order valence-corrected chi connectivity index (χ4v) is 3.97. The highest BCUT2D eigenvalue weighted by Gasteiger charge is 2.12. The zero-order chi connectivity index (χ0) is 23.5. The van der Waals surface area contributed by atoms with Gasteiger partial charge in [0.25, 0.3) is 0 Å². The Kier molecular flexibility index (Phi) is 9.37. The highest BCUT2D eigenvalue weighted by Crippen LogP contribution is 2.30. The van der Waals surface area contributed by atoms with Crippen molar-refractivity contribution in [3.63, 3.8) is 0 Å². The van der Waals surface area contributed by atoms with Crippen LogP contribution in [0.25, 0.3) is 22.3 Å². The van der Waals surface area contributed by atoms with Crippen molar-refractivity contribution in [3.8, 4) is 33.8 Å². The van der Waals surface area contributed by atoms with Gasteiger partial charge in [-0.05, 0) is 59.0 Å². The van der Waals surface area contributed by atoms with Crippen LogP contribution in [-0.4, -0.2) is 22.8 Å². The van der Waals surface area contributed by atoms with Gasteiger partial charge in [0.1, 0.15) is 11.5 Å². The molecule has 0 heterocycles. The molecular formula is C29H34O4. The number of unbranched alkanes of at least 4 members (excludes halogenated alkanes) is 7. The summed E-state index contributed by atoms with van der Waals surface area (Å²) in [5.41, 5.74) is 3.51. The van der Waals surface area contributed by atoms with Crippen molar-refractivity contribution in [1.29, 1.82) is 0 Å². The van der Waals surface area contributed by atoms with E-state index in [1.807, 2.05) is 48.5 Å². The third-order valence-electron chi connectivity index (χ3n) is 5.88. The standard InChI is InChI=1S/C29H34O4/c1-2-3-4-5-6-7-8-9-20-33-26-17-14-23(15-18-26)22-10-12-24(13-11-22)28-21-25(30)16-19-27(28)29(31)32/h10-19,21,30H,2-9,20H2,1H3,(H,31,32). The zero-order valence-electron chi connectivity index (χ0n) is 19.4. The first-order valence-electron chi connectivity index (χ1n) is 12.0. The summed E-state index contributed by atoms with van der Waals surface area (Å²) in [4.78, 5) is 11.5. The van der Waals surface area contributed by atoms with Gasteiger partial charge in [0.2, 0.25) is 0 Å². The molecule has 2 N–H and O–H groups in total. The van der Waals surface area contributed by atoms with E-state index in [-0.39, 0.29) is 11.3 Å². The minimum Gasteiger partial charge on any atom is -0.508 e. The van der Waals surface area contributed by atoms with Crippen molar-refractivity contribution in [1.82, 2.24) is 0 Å². The van der Waals surface area contributed by atoms with E-state index in [1.165, 1.54) is 63.1 Å². The largest absolute Gasteiger partial charge is 0.508 e. The van der Waals surface area contributed by atoms with Crippen LogP contribution in [0.4, 0.5) is 0 Å². The van der Waals surface area contributed by atoms with E-state index in [1.54, 1.807) is 0 Å². The average molecular weight is 447 g/mol. The molecule has 0 aliphatic heterocycles. The van der Waals surface area contributed by atoms with Gasteiger partial charge >= 0.3 is 5.97 Å². The molecule has 33 heavy (non-hydrogen) atoms. The maximum Gasteiger partial charge on any atom is 0.336 e. The molecule has 0 unspecified atom stereocenters. The second-order valence-electron chi connectivity index (χ2n) is 8.46. The fourth-order valence-electron chi connectivity index (χ4n) is 3.97. The third kappa shape index (κ3) is 7.38. The van der Waals surface area contributed by atoms with Crippen LogP contribution >= 0.6 is 0 Å². The molecule has 4 heteroatoms. The molecular weight excluding hydrogens is 412 g/mol. The maximum atomic E-state index is 11.5. The first-order chi connectivity index (χ1) is 16.1. The molecule has 174 valence electrons. The second-order valence-corrected chi connectivity index (χ2v) is 8.46. The Labute approximate surface area is 196 Å². The molecule has 0 spiro atoms. The smallest absolute Gasteiger partial charge is 0.336 e. The number of carboxylic acids is 1. The van der Waals surface area contributed by atoms with Gasteiger partial charge in [0.15, 0.2) is 0 Å². The van der Waals surface area contributed by atoms with Crippen molar-refractivity contribution in [2.24, 2.45) is 0 Å². The lowest BCUT2D eigenvalue weighted by atomic mass is 9.96. The van der Waals surface area contributed by atoms with Crippen LogP contribution in [0.2, 0.25) is 0 Å². The van der Waals surface area contributed by atoms with E-state index in [4.69, 9.17) is 4.74 Å². The monoisotopic (exact) mass is 446 g/mol. The van der Waals surface area contributed by atoms with Crippen molar-refractivity contribution in [2.75, 3.05) is 6.61 Å². The number of hydrogen-bond acceptors (Lipinski definition) is 3. The van der Waals surface area contributed by atoms with Gasteiger partial charge in [-0.1, -0.05) is 88.3 Å². The minimum absolute atomic E-state index is 0.0432. The lowest BCUT2D eigenvalue weighted by molar-refractivity contribution is 0.0697. The van der Waals surface area contributed by atoms with Crippen molar-refractivity contribution >= 4 is 5.97 Å². The van der Waals surface area contributed by atoms with E-state index in [9.17, 15) is 15.0 Å². The maximum absolute atomic E-state index is 11.5. The Hall–Kier alpha value is -3.27. The molecule has 0 aliphatic carbocycles. The molecule has 0 aliphatic rings. The summed E-state index contributed by atoms with van der Waals surface area (Å²) < 4.78 is 5.89. The minimum atomic E-state index is -1.02. The predicted octanol–water partition coefficient (Wildman–Crippen LogP) is 7.94. The van der Waals surface area contributed by atoms with Crippen LogP contribution in [-0.2, 0) is 0 Å². The Bertz CT molecular complexity index is 1010. The Morgan fingerprint density at radius 3 is 1.88 bits per heavy atom. The predicted molar refractivity (Wildman–Crippen MR) is 134 cm³/mol. The number of phenols is 1. The SMILES string of the molecule is CCCCCCCCCCOc1ccc(-c2ccc(-c3cc(O)ccc3C(=O)O)cc2)cc1. The van der Waals surface area contributed by atoms with E-state index in [2.05, 4.69) is 6.92 Å². The summed E-state index contributed by atoms with van der Waals surface area (Å²) in [6.07, 6.45) is 10.3. The Morgan fingerprint density at radius 2 is 1.27 bits per heavy atom. The molecule has 0 fully saturated rings. The number of hydrogen-bond donors (Lipinski definition) is 2. The highest BCUT2D eigenvalue weighted by molar-refractivity contribution is 5.96. The van der Waals surface area contributed by atoms with Gasteiger partial charge in [-0.3, -0.25) is 0 Å². The van der Waals surface area contributed by atoms with E-state index < -0.39 is 5.97 Å². The quantitative estimate of drug-likeness (QED) is 0.261. The number of aromatic hydroxyl groups is 1. The molecule has 3 aromatic rings. The number of rotatable bonds is 13. The summed E-state index contributed by atoms with van der Waals surface area (Å²) in [5, 5.41) is 19.2. The first-order valence-corrected chi connectivity index (χ1v) is 12.0. The Morgan fingerprint density at radius 1 is 0.727 bits per heavy atom. The molecule has 4 nitrogen and oxygen atoms in total. The van der Waals surface area contributed by atoms with Gasteiger partial charge in [0.05, 0.1) is 12.2 Å². The molecule has 3 aromatic carbocycles. The van der Waals surface area contributed by atoms with E-state index in [0.29, 0.717) is 5.56 Å². The summed E-state index contributed by atoms with van der Waals surface area (Å²) >= 11 is 0. The lowest BCUT2D eigenvalue weighted by Gasteiger charge is -2.10. The summed E-state index contributed by atoms with van der Waals surface area (Å²) in [6.45, 7) is 3.00. The fraction of sp³-hybridized carbons (Fsp3) is 0.345. The average Bonchev–Trinajstić information content (AvgIpc) is 2.83. The summed E-state index contributed by atoms with van der Waals surface area (Å²) in [5.74, 6) is -0.0949. The van der Waals surface area contributed by atoms with Crippen molar-refractivity contribution in [2.45, 2.75) is 58.3 Å². The van der Waals surface area contributed by atoms with Crippen LogP contribution in [0.5, 0.6) is 11.5 Å². The molecule has 0 amide bonds. The van der Waals surface area contributed by atoms with Crippen LogP contribution in [0.3, 0.4) is 0 Å². The van der Waals surface area contributed by atoms with Gasteiger partial charge in [-0.25, -0.2) is 4.79 Å². The van der Waals surface area contributed by atoms with Gasteiger partial charge in [-0.15, -0.1) is 0 Å². The van der Waals surface area contributed by atoms with Crippen molar-refractivity contribution in [3.05, 3.63) is 72.3 Å². The van der Waals surface area contributed by atoms with Crippen LogP contribution < -0.4 is 4.74 Å². The van der Waals surface area contributed by atoms with Gasteiger partial charge < -0.3 is 14.9 Å². The molecule has 0 atom stereocenters. The number of phenolic OH excluding ortho intramolecular Hbond substituents is 1. The zero-order valence-corrected chi connectivity index (χ0v) is 19.4. The van der Waals surface area contributed by atoms with Crippen LogP contribution in [0, 0.1) is 0 Å². The third-order valence-corrected chi connectivity index (χ3v) is 5.88. The van der Waals surface area contributed by atoms with Gasteiger partial charge in [-0.2, -0.15) is 0 Å². The van der Waals surface area contributed by atoms with Crippen molar-refractivity contribution < 1.29 is 19.7 Å². The van der Waals surface area contributed by atoms with E-state index >= 15 is 0 Å². The molecule has 0 aromatic heterocycles. The van der Waals surface area contributed by atoms with Crippen LogP contribution in [0.1, 0.15) is 68.6 Å². The topological polar surface area (TPSA) is 66.8 Å². The summed E-state index contributed by atoms with van der Waals surface area (Å²) in [7, 11) is 0. The number of ether oxygens (including phenoxy) is 1. The highest BCUT2D eigenvalue weighted by atomic mass is 16.5. The number of benzene rings is 3. The Balaban J connectivity index is 1.51. The number of aromatic carboxylic acids is 1. The normalized spacial score (nSPS) is 10.8. The lowest BCUT2D eigenvalue weighted by Crippen LogP contribution is -1.99. The summed E-state index contributed by atoms with van der Waals surface area (Å²) in [6, 6.07) is 20.0. The molecule has 0 bridgehead atoms. The van der Waals surface area contributed by atoms with Crippen LogP contribution in [0.15, 0.2) is 66.7 Å². The first kappa shape index (κ1) is 24.4. The molecule has 0 radical (unpaired) electrons.